The number of hydrogen-bond acceptors (Lipinski definition) is 8. The lowest BCUT2D eigenvalue weighted by Gasteiger charge is -2.38. The molecule has 6 rings (SSSR count). The first kappa shape index (κ1) is 34.1. The summed E-state index contributed by atoms with van der Waals surface area (Å²) >= 11 is 0. The van der Waals surface area contributed by atoms with E-state index in [1.807, 2.05) is 20.8 Å². The number of Topliss-reactive ketones (excluding diaryl/α,β-unsaturated/α-hetero) is 1. The molecule has 5 fully saturated rings. The number of aryl methyl sites for hydroxylation is 1. The summed E-state index contributed by atoms with van der Waals surface area (Å²) in [6.07, 6.45) is 8.89. The molecule has 2 bridgehead atoms. The van der Waals surface area contributed by atoms with Crippen LogP contribution in [-0.4, -0.2) is 82.1 Å². The van der Waals surface area contributed by atoms with E-state index in [2.05, 4.69) is 26.4 Å². The van der Waals surface area contributed by atoms with Gasteiger partial charge in [-0.1, -0.05) is 45.2 Å². The molecule has 4 N–H and O–H groups in total. The van der Waals surface area contributed by atoms with Gasteiger partial charge in [0.25, 0.3) is 11.8 Å². The van der Waals surface area contributed by atoms with Gasteiger partial charge in [0, 0.05) is 18.7 Å². The van der Waals surface area contributed by atoms with Crippen molar-refractivity contribution in [1.82, 2.24) is 31.3 Å². The molecule has 48 heavy (non-hydrogen) atoms. The lowest BCUT2D eigenvalue weighted by atomic mass is 9.82. The zero-order valence-corrected chi connectivity index (χ0v) is 28.5. The Hall–Kier alpha value is -3.77. The number of carbonyl (C=O) groups is 6. The van der Waals surface area contributed by atoms with E-state index in [1.165, 1.54) is 6.07 Å². The zero-order chi connectivity index (χ0) is 34.3. The van der Waals surface area contributed by atoms with Crippen LogP contribution in [0.3, 0.4) is 0 Å². The van der Waals surface area contributed by atoms with Crippen LogP contribution in [0.15, 0.2) is 10.6 Å². The number of ketones is 1. The third-order valence-corrected chi connectivity index (χ3v) is 11.2. The number of nitrogens with zero attached hydrogens (tertiary/aromatic N) is 2. The van der Waals surface area contributed by atoms with Crippen molar-refractivity contribution < 1.29 is 33.3 Å². The van der Waals surface area contributed by atoms with Crippen molar-refractivity contribution >= 4 is 35.3 Å². The van der Waals surface area contributed by atoms with Crippen LogP contribution < -0.4 is 21.3 Å². The van der Waals surface area contributed by atoms with Crippen LogP contribution in [0.4, 0.5) is 0 Å². The Morgan fingerprint density at radius 1 is 0.979 bits per heavy atom. The van der Waals surface area contributed by atoms with Crippen molar-refractivity contribution in [3.05, 3.63) is 17.5 Å². The number of amides is 5. The van der Waals surface area contributed by atoms with E-state index in [0.717, 1.165) is 64.2 Å². The molecule has 13 heteroatoms. The molecular formula is C35H50N6O7. The predicted molar refractivity (Wildman–Crippen MR) is 173 cm³/mol. The summed E-state index contributed by atoms with van der Waals surface area (Å²) in [5.41, 5.74) is -0.648. The van der Waals surface area contributed by atoms with E-state index in [0.29, 0.717) is 24.6 Å². The summed E-state index contributed by atoms with van der Waals surface area (Å²) in [4.78, 5) is 83.2. The maximum absolute atomic E-state index is 14.6. The first-order valence-corrected chi connectivity index (χ1v) is 17.8. The predicted octanol–water partition coefficient (Wildman–Crippen LogP) is 2.17. The Morgan fingerprint density at radius 3 is 2.35 bits per heavy atom. The molecule has 2 aliphatic heterocycles. The smallest absolute Gasteiger partial charge is 0.289 e. The Morgan fingerprint density at radius 2 is 1.71 bits per heavy atom. The average Bonchev–Trinajstić information content (AvgIpc) is 3.42. The monoisotopic (exact) mass is 666 g/mol. The second-order valence-electron chi connectivity index (χ2n) is 15.9. The Balaban J connectivity index is 1.21. The molecule has 0 radical (unpaired) electrons. The Bertz CT molecular complexity index is 1440. The van der Waals surface area contributed by atoms with Crippen LogP contribution >= 0.6 is 0 Å². The van der Waals surface area contributed by atoms with Crippen molar-refractivity contribution in [2.75, 3.05) is 6.54 Å². The van der Waals surface area contributed by atoms with E-state index < -0.39 is 59.0 Å². The molecule has 5 amide bonds. The van der Waals surface area contributed by atoms with Gasteiger partial charge < -0.3 is 30.7 Å². The molecule has 0 aromatic carbocycles. The molecule has 5 aliphatic rings. The normalized spacial score (nSPS) is 28.7. The van der Waals surface area contributed by atoms with E-state index in [9.17, 15) is 28.8 Å². The number of fused-ring (bicyclic) bond motifs is 1. The Labute approximate surface area is 281 Å². The minimum atomic E-state index is -0.987. The Kier molecular flexibility index (Phi) is 9.68. The van der Waals surface area contributed by atoms with Crippen LogP contribution in [0.1, 0.15) is 108 Å². The van der Waals surface area contributed by atoms with Crippen molar-refractivity contribution in [3.63, 3.8) is 0 Å². The minimum Gasteiger partial charge on any atom is -0.361 e. The highest BCUT2D eigenvalue weighted by Crippen LogP contribution is 2.48. The first-order valence-electron chi connectivity index (χ1n) is 17.8. The lowest BCUT2D eigenvalue weighted by molar-refractivity contribution is -0.146. The summed E-state index contributed by atoms with van der Waals surface area (Å²) in [5, 5.41) is 15.3. The van der Waals surface area contributed by atoms with E-state index >= 15 is 0 Å². The number of aromatic nitrogens is 1. The van der Waals surface area contributed by atoms with Crippen LogP contribution in [-0.2, 0) is 24.0 Å². The number of rotatable bonds is 9. The fourth-order valence-electron chi connectivity index (χ4n) is 8.44. The van der Waals surface area contributed by atoms with Crippen molar-refractivity contribution in [3.8, 4) is 0 Å². The second kappa shape index (κ2) is 13.6. The third-order valence-electron chi connectivity index (χ3n) is 11.2. The van der Waals surface area contributed by atoms with Gasteiger partial charge in [-0.15, -0.1) is 0 Å². The third kappa shape index (κ3) is 7.29. The fraction of sp³-hybridized carbons (Fsp3) is 0.743. The summed E-state index contributed by atoms with van der Waals surface area (Å²) in [6, 6.07) is -2.08. The van der Waals surface area contributed by atoms with E-state index in [-0.39, 0.29) is 35.4 Å². The van der Waals surface area contributed by atoms with Crippen molar-refractivity contribution in [2.45, 2.75) is 129 Å². The molecule has 3 heterocycles. The van der Waals surface area contributed by atoms with E-state index in [4.69, 9.17) is 4.52 Å². The van der Waals surface area contributed by atoms with Crippen LogP contribution in [0.25, 0.3) is 0 Å². The quantitative estimate of drug-likeness (QED) is 0.290. The molecule has 1 aromatic rings. The molecule has 1 unspecified atom stereocenters. The van der Waals surface area contributed by atoms with Gasteiger partial charge in [-0.25, -0.2) is 0 Å². The summed E-state index contributed by atoms with van der Waals surface area (Å²) in [5.74, 6) is -2.32. The maximum Gasteiger partial charge on any atom is 0.289 e. The SMILES string of the molecule is Cc1cc(C(=O)N[C@H](C(=O)N[C@H](C(=O)N2C[C@@H]3CC4CC[C@@H](C(=O)C(=O)NC5CC5)NC(=O)[C@@H]2[C@H]3C4)C(C)(C)C)C2CCCCC2)no1. The molecule has 1 aromatic heterocycles. The van der Waals surface area contributed by atoms with Crippen LogP contribution in [0.5, 0.6) is 0 Å². The molecular weight excluding hydrogens is 616 g/mol. The highest BCUT2D eigenvalue weighted by molar-refractivity contribution is 6.38. The number of nitrogens with one attached hydrogen (secondary N) is 4. The number of hydrogen-bond donors (Lipinski definition) is 4. The maximum atomic E-state index is 14.6. The molecule has 262 valence electrons. The highest BCUT2D eigenvalue weighted by Gasteiger charge is 2.55. The van der Waals surface area contributed by atoms with Gasteiger partial charge in [-0.2, -0.15) is 0 Å². The molecule has 0 spiro atoms. The standard InChI is InChI=1S/C35H50N6O7/c1-18-14-25(40-48-18)30(43)38-26(20-8-6-5-7-9-20)31(44)39-29(35(2,3)4)34(47)41-17-21-15-19-10-13-24(28(42)33(46)36-22-11-12-22)37-32(45)27(41)23(21)16-19/h14,19-24,26-27,29H,5-13,15-17H2,1-4H3,(H,36,46)(H,37,45)(H,38,43)(H,39,44)/t19?,21-,23-,24-,26-,27-,29+/m0/s1. The molecule has 3 saturated carbocycles. The van der Waals surface area contributed by atoms with Crippen molar-refractivity contribution in [1.29, 1.82) is 0 Å². The lowest BCUT2D eigenvalue weighted by Crippen LogP contribution is -2.62. The van der Waals surface area contributed by atoms with Crippen molar-refractivity contribution in [2.24, 2.45) is 29.1 Å². The number of carbonyl (C=O) groups excluding carboxylic acids is 6. The van der Waals surface area contributed by atoms with Gasteiger partial charge in [-0.05, 0) is 87.4 Å². The second-order valence-corrected chi connectivity index (χ2v) is 15.9. The summed E-state index contributed by atoms with van der Waals surface area (Å²) < 4.78 is 5.08. The van der Waals surface area contributed by atoms with E-state index in [1.54, 1.807) is 11.8 Å². The van der Waals surface area contributed by atoms with Gasteiger partial charge in [0.2, 0.25) is 23.5 Å². The molecule has 2 saturated heterocycles. The average molecular weight is 667 g/mol. The van der Waals surface area contributed by atoms with Gasteiger partial charge in [0.1, 0.15) is 23.9 Å². The van der Waals surface area contributed by atoms with Crippen LogP contribution in [0, 0.1) is 36.0 Å². The topological polar surface area (TPSA) is 180 Å². The largest absolute Gasteiger partial charge is 0.361 e. The first-order chi connectivity index (χ1) is 22.8. The summed E-state index contributed by atoms with van der Waals surface area (Å²) in [7, 11) is 0. The molecule has 7 atom stereocenters. The van der Waals surface area contributed by atoms with Gasteiger partial charge in [0.15, 0.2) is 5.69 Å². The number of likely N-dealkylation sites (tertiary alicyclic amines) is 1. The fourth-order valence-corrected chi connectivity index (χ4v) is 8.44. The van der Waals surface area contributed by atoms with Gasteiger partial charge in [-0.3, -0.25) is 28.8 Å². The highest BCUT2D eigenvalue weighted by atomic mass is 16.5. The minimum absolute atomic E-state index is 0.0234. The molecule has 3 aliphatic carbocycles. The van der Waals surface area contributed by atoms with Crippen LogP contribution in [0.2, 0.25) is 0 Å². The zero-order valence-electron chi connectivity index (χ0n) is 28.5. The molecule has 13 nitrogen and oxygen atoms in total. The summed E-state index contributed by atoms with van der Waals surface area (Å²) in [6.45, 7) is 7.67. The van der Waals surface area contributed by atoms with Gasteiger partial charge in [0.05, 0.1) is 6.04 Å². The van der Waals surface area contributed by atoms with Gasteiger partial charge >= 0.3 is 0 Å².